The van der Waals surface area contributed by atoms with Crippen molar-refractivity contribution in [1.29, 1.82) is 0 Å². The number of aldehydes is 1. The number of aliphatic hydroxyl groups is 2. The fourth-order valence-corrected chi connectivity index (χ4v) is 3.80. The van der Waals surface area contributed by atoms with Gasteiger partial charge in [-0.25, -0.2) is 0 Å². The van der Waals surface area contributed by atoms with Crippen LogP contribution in [0.4, 0.5) is 0 Å². The molecule has 3 rings (SSSR count). The Morgan fingerprint density at radius 3 is 2.74 bits per heavy atom. The Morgan fingerprint density at radius 2 is 2.11 bits per heavy atom. The maximum Gasteiger partial charge on any atom is 0.316 e. The number of likely N-dealkylation sites (tertiary alicyclic amines) is 1. The summed E-state index contributed by atoms with van der Waals surface area (Å²) in [5.41, 5.74) is -2.14. The van der Waals surface area contributed by atoms with Gasteiger partial charge in [0.05, 0.1) is 50.0 Å². The number of nitrogens with zero attached hydrogens (tertiary/aromatic N) is 1. The molecule has 0 aromatic heterocycles. The predicted molar refractivity (Wildman–Crippen MR) is 90.4 cm³/mol. The highest BCUT2D eigenvalue weighted by molar-refractivity contribution is 5.90. The summed E-state index contributed by atoms with van der Waals surface area (Å²) in [7, 11) is 0. The topological polar surface area (TPSA) is 123 Å². The Bertz CT molecular complexity index is 631. The van der Waals surface area contributed by atoms with Gasteiger partial charge in [0.25, 0.3) is 0 Å². The second-order valence-corrected chi connectivity index (χ2v) is 7.50. The minimum Gasteiger partial charge on any atom is -0.463 e. The second-order valence-electron chi connectivity index (χ2n) is 7.50. The summed E-state index contributed by atoms with van der Waals surface area (Å²) in [6.07, 6.45) is 3.88. The zero-order valence-electron chi connectivity index (χ0n) is 15.2. The first-order chi connectivity index (χ1) is 12.9. The van der Waals surface area contributed by atoms with Crippen LogP contribution in [-0.2, 0) is 28.6 Å². The number of esters is 1. The molecule has 1 amide bonds. The van der Waals surface area contributed by atoms with Crippen molar-refractivity contribution < 1.29 is 38.8 Å². The first-order valence-electron chi connectivity index (χ1n) is 8.97. The average molecular weight is 383 g/mol. The number of amides is 1. The van der Waals surface area contributed by atoms with E-state index in [0.29, 0.717) is 13.1 Å². The number of carbonyl (C=O) groups excluding carboxylic acids is 3. The van der Waals surface area contributed by atoms with E-state index in [1.54, 1.807) is 4.90 Å². The Hall–Kier alpha value is -1.81. The fraction of sp³-hybridized carbons (Fsp3) is 0.722. The van der Waals surface area contributed by atoms with Gasteiger partial charge in [-0.15, -0.1) is 0 Å². The standard InChI is InChI=1S/C18H25NO8/c1-17(9-20,10-21)16(24)26-7-6-25-5-4-19-8-18(11-22)13-3-2-12(27-13)14(18)15(19)23/h2-3,11-14,20-21H,4-10H2,1H3/t12?,13?,14-,18?/m0/s1. The monoisotopic (exact) mass is 383 g/mol. The van der Waals surface area contributed by atoms with E-state index in [4.69, 9.17) is 24.4 Å². The van der Waals surface area contributed by atoms with Crippen molar-refractivity contribution in [2.75, 3.05) is 46.1 Å². The van der Waals surface area contributed by atoms with Crippen molar-refractivity contribution >= 4 is 18.2 Å². The lowest BCUT2D eigenvalue weighted by Crippen LogP contribution is -2.40. The van der Waals surface area contributed by atoms with Crippen molar-refractivity contribution in [3.63, 3.8) is 0 Å². The van der Waals surface area contributed by atoms with Crippen LogP contribution in [-0.4, -0.2) is 91.6 Å². The molecule has 4 atom stereocenters. The molecule has 2 N–H and O–H groups in total. The third-order valence-corrected chi connectivity index (χ3v) is 5.64. The molecule has 0 aromatic carbocycles. The Balaban J connectivity index is 1.39. The van der Waals surface area contributed by atoms with Crippen molar-refractivity contribution in [2.45, 2.75) is 19.1 Å². The average Bonchev–Trinajstić information content (AvgIpc) is 3.35. The number of hydrogen-bond donors (Lipinski definition) is 2. The molecule has 9 nitrogen and oxygen atoms in total. The van der Waals surface area contributed by atoms with E-state index in [0.717, 1.165) is 6.29 Å². The molecule has 0 radical (unpaired) electrons. The Kier molecular flexibility index (Phi) is 5.66. The van der Waals surface area contributed by atoms with Gasteiger partial charge in [-0.3, -0.25) is 9.59 Å². The number of fused-ring (bicyclic) bond motifs is 5. The van der Waals surface area contributed by atoms with Crippen LogP contribution in [0.3, 0.4) is 0 Å². The highest BCUT2D eigenvalue weighted by atomic mass is 16.6. The zero-order valence-corrected chi connectivity index (χ0v) is 15.2. The summed E-state index contributed by atoms with van der Waals surface area (Å²) < 4.78 is 16.1. The first kappa shape index (κ1) is 19.9. The number of rotatable bonds is 10. The van der Waals surface area contributed by atoms with E-state index in [-0.39, 0.29) is 37.9 Å². The van der Waals surface area contributed by atoms with Crippen molar-refractivity contribution in [3.05, 3.63) is 12.2 Å². The first-order valence-corrected chi connectivity index (χ1v) is 8.97. The smallest absolute Gasteiger partial charge is 0.316 e. The normalized spacial score (nSPS) is 31.4. The molecule has 2 saturated heterocycles. The summed E-state index contributed by atoms with van der Waals surface area (Å²) in [5, 5.41) is 18.3. The predicted octanol–water partition coefficient (Wildman–Crippen LogP) is -1.48. The minimum absolute atomic E-state index is 0.0226. The second kappa shape index (κ2) is 7.67. The van der Waals surface area contributed by atoms with Gasteiger partial charge >= 0.3 is 5.97 Å². The van der Waals surface area contributed by atoms with Gasteiger partial charge in [-0.2, -0.15) is 0 Å². The lowest BCUT2D eigenvalue weighted by molar-refractivity contribution is -0.161. The van der Waals surface area contributed by atoms with Gasteiger partial charge in [-0.1, -0.05) is 12.2 Å². The Labute approximate surface area is 156 Å². The van der Waals surface area contributed by atoms with Gasteiger partial charge in [0, 0.05) is 13.1 Å². The summed E-state index contributed by atoms with van der Waals surface area (Å²) in [6.45, 7) is 1.37. The van der Waals surface area contributed by atoms with Crippen LogP contribution in [0, 0.1) is 16.7 Å². The molecule has 9 heteroatoms. The lowest BCUT2D eigenvalue weighted by Gasteiger charge is -2.25. The zero-order chi connectivity index (χ0) is 19.7. The largest absolute Gasteiger partial charge is 0.463 e. The maximum atomic E-state index is 12.6. The Morgan fingerprint density at radius 1 is 1.37 bits per heavy atom. The molecule has 3 aliphatic rings. The summed E-state index contributed by atoms with van der Waals surface area (Å²) >= 11 is 0. The molecule has 0 saturated carbocycles. The molecule has 150 valence electrons. The van der Waals surface area contributed by atoms with E-state index in [1.807, 2.05) is 12.2 Å². The van der Waals surface area contributed by atoms with E-state index in [1.165, 1.54) is 6.92 Å². The van der Waals surface area contributed by atoms with Crippen LogP contribution >= 0.6 is 0 Å². The van der Waals surface area contributed by atoms with Crippen LogP contribution in [0.15, 0.2) is 12.2 Å². The molecule has 2 bridgehead atoms. The highest BCUT2D eigenvalue weighted by Gasteiger charge is 2.65. The molecule has 3 unspecified atom stereocenters. The quantitative estimate of drug-likeness (QED) is 0.203. The van der Waals surface area contributed by atoms with E-state index in [2.05, 4.69) is 0 Å². The van der Waals surface area contributed by atoms with Crippen LogP contribution in [0.25, 0.3) is 0 Å². The summed E-state index contributed by atoms with van der Waals surface area (Å²) in [5.74, 6) is -1.26. The van der Waals surface area contributed by atoms with E-state index < -0.39 is 35.9 Å². The third-order valence-electron chi connectivity index (χ3n) is 5.64. The fourth-order valence-electron chi connectivity index (χ4n) is 3.80. The number of ether oxygens (including phenoxy) is 3. The maximum absolute atomic E-state index is 12.6. The van der Waals surface area contributed by atoms with Crippen LogP contribution in [0.5, 0.6) is 0 Å². The van der Waals surface area contributed by atoms with Gasteiger partial charge in [0.2, 0.25) is 5.91 Å². The molecule has 0 aliphatic carbocycles. The molecular formula is C18H25NO8. The van der Waals surface area contributed by atoms with Crippen molar-refractivity contribution in [1.82, 2.24) is 4.90 Å². The molecule has 0 spiro atoms. The number of carbonyl (C=O) groups is 3. The van der Waals surface area contributed by atoms with Crippen LogP contribution in [0.2, 0.25) is 0 Å². The summed E-state index contributed by atoms with van der Waals surface area (Å²) in [4.78, 5) is 37.7. The van der Waals surface area contributed by atoms with Gasteiger partial charge in [-0.05, 0) is 6.92 Å². The van der Waals surface area contributed by atoms with Crippen LogP contribution in [0.1, 0.15) is 6.92 Å². The minimum atomic E-state index is -1.33. The molecule has 0 aromatic rings. The molecule has 27 heavy (non-hydrogen) atoms. The van der Waals surface area contributed by atoms with E-state index in [9.17, 15) is 14.4 Å². The van der Waals surface area contributed by atoms with Crippen LogP contribution < -0.4 is 0 Å². The van der Waals surface area contributed by atoms with Crippen molar-refractivity contribution in [3.8, 4) is 0 Å². The third kappa shape index (κ3) is 3.29. The van der Waals surface area contributed by atoms with Crippen molar-refractivity contribution in [2.24, 2.45) is 16.7 Å². The molecular weight excluding hydrogens is 358 g/mol. The van der Waals surface area contributed by atoms with Gasteiger partial charge in [0.1, 0.15) is 18.3 Å². The lowest BCUT2D eigenvalue weighted by atomic mass is 9.72. The molecule has 3 heterocycles. The van der Waals surface area contributed by atoms with E-state index >= 15 is 0 Å². The molecule has 2 fully saturated rings. The number of aliphatic hydroxyl groups excluding tert-OH is 2. The molecule has 3 aliphatic heterocycles. The SMILES string of the molecule is CC(CO)(CO)C(=O)OCCOCCN1CC2(C=O)C3C=CC(O3)[C@H]2C1=O. The summed E-state index contributed by atoms with van der Waals surface area (Å²) in [6, 6.07) is 0. The number of hydrogen-bond acceptors (Lipinski definition) is 8. The van der Waals surface area contributed by atoms with Gasteiger partial charge < -0.3 is 34.1 Å². The highest BCUT2D eigenvalue weighted by Crippen LogP contribution is 2.52. The van der Waals surface area contributed by atoms with Gasteiger partial charge in [0.15, 0.2) is 0 Å².